The number of carboxylic acids is 1. The number of carboxylic acid groups (broad SMARTS) is 1. The zero-order chi connectivity index (χ0) is 17.1. The molecular weight excluding hydrogens is 332 g/mol. The first-order valence-corrected chi connectivity index (χ1v) is 7.57. The first-order valence-electron chi connectivity index (χ1n) is 7.19. The second-order valence-electron chi connectivity index (χ2n) is 5.15. The molecule has 0 radical (unpaired) electrons. The van der Waals surface area contributed by atoms with Crippen LogP contribution in [0.4, 0.5) is 5.69 Å². The molecule has 0 aliphatic rings. The minimum atomic E-state index is -1.01. The van der Waals surface area contributed by atoms with Crippen LogP contribution >= 0.6 is 11.6 Å². The number of anilines is 1. The van der Waals surface area contributed by atoms with Gasteiger partial charge in [-0.1, -0.05) is 17.7 Å². The summed E-state index contributed by atoms with van der Waals surface area (Å²) >= 11 is 5.97. The average Bonchev–Trinajstić information content (AvgIpc) is 2.96. The van der Waals surface area contributed by atoms with Crippen LogP contribution in [0.3, 0.4) is 0 Å². The van der Waals surface area contributed by atoms with E-state index in [1.54, 1.807) is 36.4 Å². The molecule has 6 nitrogen and oxygen atoms in total. The topological polar surface area (TPSA) is 92.4 Å². The van der Waals surface area contributed by atoms with Gasteiger partial charge in [0.1, 0.15) is 5.52 Å². The zero-order valence-electron chi connectivity index (χ0n) is 12.5. The summed E-state index contributed by atoms with van der Waals surface area (Å²) in [5.74, 6) is -0.949. The van der Waals surface area contributed by atoms with Crippen molar-refractivity contribution in [2.24, 2.45) is 0 Å². The van der Waals surface area contributed by atoms with Crippen LogP contribution in [0.2, 0.25) is 5.02 Å². The van der Waals surface area contributed by atoms with E-state index in [0.717, 1.165) is 5.56 Å². The molecule has 0 aliphatic carbocycles. The molecule has 0 fully saturated rings. The average molecular weight is 345 g/mol. The Hall–Kier alpha value is -2.86. The third-order valence-electron chi connectivity index (χ3n) is 3.31. The van der Waals surface area contributed by atoms with Gasteiger partial charge in [-0.25, -0.2) is 4.98 Å². The van der Waals surface area contributed by atoms with E-state index in [1.165, 1.54) is 0 Å². The molecule has 1 aromatic heterocycles. The summed E-state index contributed by atoms with van der Waals surface area (Å²) in [5, 5.41) is 11.8. The van der Waals surface area contributed by atoms with E-state index in [4.69, 9.17) is 21.1 Å². The minimum absolute atomic E-state index is 0.0858. The summed E-state index contributed by atoms with van der Waals surface area (Å²) in [5.41, 5.74) is 2.44. The van der Waals surface area contributed by atoms with E-state index in [0.29, 0.717) is 27.7 Å². The van der Waals surface area contributed by atoms with Crippen molar-refractivity contribution in [3.63, 3.8) is 0 Å². The predicted octanol–water partition coefficient (Wildman–Crippen LogP) is 3.95. The van der Waals surface area contributed by atoms with Crippen molar-refractivity contribution in [1.29, 1.82) is 0 Å². The highest BCUT2D eigenvalue weighted by molar-refractivity contribution is 6.30. The molecule has 0 bridgehead atoms. The van der Waals surface area contributed by atoms with E-state index < -0.39 is 5.97 Å². The van der Waals surface area contributed by atoms with Gasteiger partial charge in [0.2, 0.25) is 11.8 Å². The van der Waals surface area contributed by atoms with Crippen LogP contribution < -0.4 is 5.32 Å². The Bertz CT molecular complexity index is 920. The van der Waals surface area contributed by atoms with Gasteiger partial charge in [-0.2, -0.15) is 0 Å². The molecule has 0 unspecified atom stereocenters. The Kier molecular flexibility index (Phi) is 4.48. The molecule has 2 N–H and O–H groups in total. The van der Waals surface area contributed by atoms with Gasteiger partial charge in [-0.3, -0.25) is 9.59 Å². The van der Waals surface area contributed by atoms with E-state index in [1.807, 2.05) is 6.07 Å². The van der Waals surface area contributed by atoms with Gasteiger partial charge in [-0.15, -0.1) is 0 Å². The molecule has 3 aromatic rings. The zero-order valence-corrected chi connectivity index (χ0v) is 13.2. The molecule has 1 amide bonds. The fourth-order valence-corrected chi connectivity index (χ4v) is 2.38. The summed E-state index contributed by atoms with van der Waals surface area (Å²) in [7, 11) is 0. The number of oxazole rings is 1. The third kappa shape index (κ3) is 3.72. The molecule has 0 aliphatic heterocycles. The van der Waals surface area contributed by atoms with Crippen molar-refractivity contribution in [3.8, 4) is 11.5 Å². The van der Waals surface area contributed by atoms with Crippen molar-refractivity contribution < 1.29 is 19.1 Å². The Labute approximate surface area is 142 Å². The van der Waals surface area contributed by atoms with Crippen LogP contribution in [-0.4, -0.2) is 22.0 Å². The molecule has 1 heterocycles. The van der Waals surface area contributed by atoms with Gasteiger partial charge in [0.05, 0.1) is 6.42 Å². The summed E-state index contributed by atoms with van der Waals surface area (Å²) in [6.07, 6.45) is -0.299. The van der Waals surface area contributed by atoms with Crippen LogP contribution in [0.5, 0.6) is 0 Å². The monoisotopic (exact) mass is 344 g/mol. The number of rotatable bonds is 5. The molecule has 7 heteroatoms. The Morgan fingerprint density at radius 3 is 2.75 bits per heavy atom. The number of hydrogen-bond acceptors (Lipinski definition) is 4. The largest absolute Gasteiger partial charge is 0.481 e. The molecule has 122 valence electrons. The van der Waals surface area contributed by atoms with Crippen molar-refractivity contribution in [3.05, 3.63) is 47.5 Å². The van der Waals surface area contributed by atoms with Crippen molar-refractivity contribution in [1.82, 2.24) is 4.98 Å². The fourth-order valence-electron chi connectivity index (χ4n) is 2.19. The van der Waals surface area contributed by atoms with Gasteiger partial charge in [-0.05, 0) is 30.3 Å². The van der Waals surface area contributed by atoms with Gasteiger partial charge >= 0.3 is 5.97 Å². The first-order chi connectivity index (χ1) is 11.5. The standard InChI is InChI=1S/C17H13ClN2O4/c18-11-3-1-2-10(8-11)17-20-13-5-4-12(9-14(13)24-17)19-15(21)6-7-16(22)23/h1-5,8-9H,6-7H2,(H,19,21)(H,22,23). The molecule has 0 saturated heterocycles. The number of benzene rings is 2. The number of carbonyl (C=O) groups excluding carboxylic acids is 1. The molecule has 0 spiro atoms. The predicted molar refractivity (Wildman–Crippen MR) is 90.0 cm³/mol. The molecular formula is C17H13ClN2O4. The number of halogens is 1. The van der Waals surface area contributed by atoms with E-state index in [-0.39, 0.29) is 18.7 Å². The maximum atomic E-state index is 11.7. The van der Waals surface area contributed by atoms with Crippen molar-refractivity contribution in [2.45, 2.75) is 12.8 Å². The summed E-state index contributed by atoms with van der Waals surface area (Å²) in [6.45, 7) is 0. The lowest BCUT2D eigenvalue weighted by Crippen LogP contribution is -2.12. The minimum Gasteiger partial charge on any atom is -0.481 e. The maximum Gasteiger partial charge on any atom is 0.303 e. The molecule has 0 atom stereocenters. The van der Waals surface area contributed by atoms with Gasteiger partial charge in [0, 0.05) is 28.8 Å². The smallest absolute Gasteiger partial charge is 0.303 e. The van der Waals surface area contributed by atoms with Crippen LogP contribution in [0.1, 0.15) is 12.8 Å². The van der Waals surface area contributed by atoms with Crippen LogP contribution in [0.15, 0.2) is 46.9 Å². The van der Waals surface area contributed by atoms with E-state index in [2.05, 4.69) is 10.3 Å². The molecule has 0 saturated carbocycles. The summed E-state index contributed by atoms with van der Waals surface area (Å²) in [4.78, 5) is 26.5. The Morgan fingerprint density at radius 1 is 1.17 bits per heavy atom. The number of aliphatic carboxylic acids is 1. The fraction of sp³-hybridized carbons (Fsp3) is 0.118. The van der Waals surface area contributed by atoms with Gasteiger partial charge in [0.15, 0.2) is 5.58 Å². The van der Waals surface area contributed by atoms with Crippen molar-refractivity contribution in [2.75, 3.05) is 5.32 Å². The molecule has 2 aromatic carbocycles. The number of fused-ring (bicyclic) bond motifs is 1. The van der Waals surface area contributed by atoms with Gasteiger partial charge in [0.25, 0.3) is 0 Å². The lowest BCUT2D eigenvalue weighted by molar-refractivity contribution is -0.138. The number of amides is 1. The molecule has 24 heavy (non-hydrogen) atoms. The highest BCUT2D eigenvalue weighted by atomic mass is 35.5. The Morgan fingerprint density at radius 2 is 2.00 bits per heavy atom. The SMILES string of the molecule is O=C(O)CCC(=O)Nc1ccc2nc(-c3cccc(Cl)c3)oc2c1. The number of hydrogen-bond donors (Lipinski definition) is 2. The van der Waals surface area contributed by atoms with Crippen molar-refractivity contribution >= 4 is 40.3 Å². The third-order valence-corrected chi connectivity index (χ3v) is 3.54. The van der Waals surface area contributed by atoms with Gasteiger partial charge < -0.3 is 14.8 Å². The number of nitrogens with zero attached hydrogens (tertiary/aromatic N) is 1. The lowest BCUT2D eigenvalue weighted by Gasteiger charge is -2.03. The highest BCUT2D eigenvalue weighted by Crippen LogP contribution is 2.27. The summed E-state index contributed by atoms with van der Waals surface area (Å²) < 4.78 is 5.71. The summed E-state index contributed by atoms with van der Waals surface area (Å²) in [6, 6.07) is 12.2. The number of nitrogens with one attached hydrogen (secondary N) is 1. The lowest BCUT2D eigenvalue weighted by atomic mass is 10.2. The number of carbonyl (C=O) groups is 2. The first kappa shape index (κ1) is 16.0. The normalized spacial score (nSPS) is 10.7. The number of aromatic nitrogens is 1. The second kappa shape index (κ2) is 6.72. The van der Waals surface area contributed by atoms with E-state index >= 15 is 0 Å². The molecule has 3 rings (SSSR count). The highest BCUT2D eigenvalue weighted by Gasteiger charge is 2.11. The van der Waals surface area contributed by atoms with Crippen LogP contribution in [-0.2, 0) is 9.59 Å². The van der Waals surface area contributed by atoms with Crippen LogP contribution in [0, 0.1) is 0 Å². The van der Waals surface area contributed by atoms with Crippen LogP contribution in [0.25, 0.3) is 22.6 Å². The van der Waals surface area contributed by atoms with E-state index in [9.17, 15) is 9.59 Å². The maximum absolute atomic E-state index is 11.7. The Balaban J connectivity index is 1.81. The quantitative estimate of drug-likeness (QED) is 0.731. The second-order valence-corrected chi connectivity index (χ2v) is 5.59.